The lowest BCUT2D eigenvalue weighted by Crippen LogP contribution is -2.11. The van der Waals surface area contributed by atoms with Crippen LogP contribution >= 0.6 is 0 Å². The van der Waals surface area contributed by atoms with E-state index in [9.17, 15) is 20.6 Å². The van der Waals surface area contributed by atoms with E-state index in [1.807, 2.05) is 0 Å². The Hall–Kier alpha value is -7.16. The van der Waals surface area contributed by atoms with Crippen LogP contribution in [0, 0.1) is 0 Å². The smallest absolute Gasteiger partial charge is 0.143 e. The van der Waals surface area contributed by atoms with E-state index in [2.05, 4.69) is 0 Å². The number of para-hydroxylation sites is 2. The Kier molecular flexibility index (Phi) is 2.97. The average molecular weight is 725 g/mol. The molecule has 0 spiro atoms. The van der Waals surface area contributed by atoms with Crippen molar-refractivity contribution < 1.29 is 52.7 Å². The Morgan fingerprint density at radius 3 is 1.63 bits per heavy atom. The fourth-order valence-corrected chi connectivity index (χ4v) is 5.65. The number of rotatable bonds is 6. The Morgan fingerprint density at radius 1 is 0.333 bits per heavy atom. The molecule has 0 saturated heterocycles. The minimum atomic E-state index is -1.43. The normalized spacial score (nSPS) is 20.6. The monoisotopic (exact) mass is 724 g/mol. The van der Waals surface area contributed by atoms with Crippen molar-refractivity contribution in [1.29, 1.82) is 0 Å². The highest BCUT2D eigenvalue weighted by Gasteiger charge is 2.27. The predicted octanol–water partition coefficient (Wildman–Crippen LogP) is 14.8. The van der Waals surface area contributed by atoms with E-state index in [4.69, 9.17) is 32.2 Å². The molecule has 0 aliphatic carbocycles. The zero-order chi connectivity index (χ0) is 66.3. The summed E-state index contributed by atoms with van der Waals surface area (Å²) in [5.41, 5.74) is -14.1. The van der Waals surface area contributed by atoms with Gasteiger partial charge in [-0.15, -0.1) is 0 Å². The second-order valence-electron chi connectivity index (χ2n) is 11.0. The molecule has 10 rings (SSSR count). The summed E-state index contributed by atoms with van der Waals surface area (Å²) in [7, 11) is 0. The van der Waals surface area contributed by atoms with Crippen molar-refractivity contribution in [2.75, 3.05) is 4.90 Å². The van der Waals surface area contributed by atoms with Gasteiger partial charge in [-0.2, -0.15) is 0 Å². The number of hydrogen-bond donors (Lipinski definition) is 0. The molecule has 9 aromatic rings. The van der Waals surface area contributed by atoms with Crippen LogP contribution < -0.4 is 9.64 Å². The number of ether oxygens (including phenoxy) is 1. The van der Waals surface area contributed by atoms with Crippen molar-refractivity contribution in [3.8, 4) is 67.1 Å². The fourth-order valence-electron chi connectivity index (χ4n) is 5.65. The Bertz CT molecular complexity index is 4710. The van der Waals surface area contributed by atoms with Gasteiger partial charge in [-0.25, -0.2) is 0 Å². The molecular weight excluding hydrogens is 655 g/mol. The molecule has 0 radical (unpaired) electrons. The maximum atomic E-state index is 10.5. The molecule has 0 fully saturated rings. The zero-order valence-corrected chi connectivity index (χ0v) is 26.9. The van der Waals surface area contributed by atoms with Crippen molar-refractivity contribution in [3.05, 3.63) is 211 Å². The summed E-state index contributed by atoms with van der Waals surface area (Å²) < 4.78 is 325. The van der Waals surface area contributed by atoms with Gasteiger partial charge in [0.05, 0.1) is 53.7 Å². The van der Waals surface area contributed by atoms with Crippen LogP contribution in [0.2, 0.25) is 0 Å². The molecular formula is C52H35NO. The lowest BCUT2D eigenvalue weighted by molar-refractivity contribution is 0.495. The molecule has 0 atom stereocenters. The number of hydrogen-bond acceptors (Lipinski definition) is 2. The standard InChI is InChI=1S/C52H35NO/c1-4-15-36(16-5-1)37-27-30-41(31-28-37)53(50-26-13-12-22-43(50)38-17-6-2-7-18-38)42-32-34-46-48-33-29-40-21-10-11-23-44(40)52(48)54-51-45(39-19-8-3-9-20-39)24-14-25-47(51)49(46)35-42/h1-35H/i1D,2D,3D,4D,5D,6D,7D,8D,9D,10D,11D,12D,13D,14D,15D,16D,17D,18D,19D,20D,21D,22D,23D,24D,25D,26D,27D,28D,29D,30D,31D,32D,33D,34D,35D. The Morgan fingerprint density at radius 2 is 0.870 bits per heavy atom. The highest BCUT2D eigenvalue weighted by atomic mass is 16.5. The van der Waals surface area contributed by atoms with Crippen LogP contribution in [0.1, 0.15) is 48.0 Å². The van der Waals surface area contributed by atoms with Crippen molar-refractivity contribution in [3.63, 3.8) is 0 Å². The summed E-state index contributed by atoms with van der Waals surface area (Å²) in [6.45, 7) is 0. The zero-order valence-electron chi connectivity index (χ0n) is 61.9. The molecule has 1 aliphatic rings. The largest absolute Gasteiger partial charge is 0.455 e. The molecule has 2 nitrogen and oxygen atoms in total. The van der Waals surface area contributed by atoms with E-state index in [1.54, 1.807) is 0 Å². The number of anilines is 3. The van der Waals surface area contributed by atoms with Gasteiger partial charge in [0.2, 0.25) is 0 Å². The van der Waals surface area contributed by atoms with Gasteiger partial charge in [0.25, 0.3) is 0 Å². The van der Waals surface area contributed by atoms with Crippen LogP contribution in [0.4, 0.5) is 17.1 Å². The third kappa shape index (κ3) is 5.53. The minimum Gasteiger partial charge on any atom is -0.455 e. The van der Waals surface area contributed by atoms with E-state index in [1.165, 1.54) is 0 Å². The summed E-state index contributed by atoms with van der Waals surface area (Å²) in [5.74, 6) is -2.07. The van der Waals surface area contributed by atoms with E-state index in [-0.39, 0.29) is 4.90 Å². The van der Waals surface area contributed by atoms with Gasteiger partial charge in [-0.05, 0) is 75.0 Å². The molecule has 0 bridgehead atoms. The third-order valence-electron chi connectivity index (χ3n) is 7.99. The Labute approximate surface area is 365 Å². The van der Waals surface area contributed by atoms with Gasteiger partial charge in [0, 0.05) is 39.0 Å². The topological polar surface area (TPSA) is 12.5 Å². The number of fused-ring (bicyclic) bond motifs is 7. The summed E-state index contributed by atoms with van der Waals surface area (Å²) >= 11 is 0. The van der Waals surface area contributed by atoms with Crippen molar-refractivity contribution in [1.82, 2.24) is 0 Å². The molecule has 1 heterocycles. The fraction of sp³-hybridized carbons (Fsp3) is 0. The molecule has 2 heteroatoms. The maximum Gasteiger partial charge on any atom is 0.143 e. The molecule has 0 N–H and O–H groups in total. The molecule has 0 amide bonds. The van der Waals surface area contributed by atoms with E-state index in [0.29, 0.717) is 0 Å². The van der Waals surface area contributed by atoms with Crippen LogP contribution in [0.3, 0.4) is 0 Å². The van der Waals surface area contributed by atoms with Crippen LogP contribution in [-0.2, 0) is 0 Å². The maximum absolute atomic E-state index is 10.5. The highest BCUT2D eigenvalue weighted by Crippen LogP contribution is 2.53. The highest BCUT2D eigenvalue weighted by molar-refractivity contribution is 6.03. The second kappa shape index (κ2) is 13.4. The van der Waals surface area contributed by atoms with Gasteiger partial charge < -0.3 is 9.64 Å². The van der Waals surface area contributed by atoms with E-state index < -0.39 is 306 Å². The lowest BCUT2D eigenvalue weighted by Gasteiger charge is -2.29. The molecule has 0 unspecified atom stereocenters. The Balaban J connectivity index is 1.54. The van der Waals surface area contributed by atoms with Gasteiger partial charge in [-0.1, -0.05) is 175 Å². The third-order valence-corrected chi connectivity index (χ3v) is 7.99. The molecule has 254 valence electrons. The number of nitrogens with zero attached hydrogens (tertiary/aromatic N) is 1. The summed E-state index contributed by atoms with van der Waals surface area (Å²) in [6, 6.07) is -40.5. The predicted molar refractivity (Wildman–Crippen MR) is 226 cm³/mol. The van der Waals surface area contributed by atoms with Gasteiger partial charge in [0.1, 0.15) is 11.5 Å². The molecule has 0 aromatic heterocycles. The van der Waals surface area contributed by atoms with Crippen LogP contribution in [-0.4, -0.2) is 0 Å². The molecule has 9 aromatic carbocycles. The molecule has 0 saturated carbocycles. The number of benzene rings is 9. The quantitative estimate of drug-likeness (QED) is 0.169. The van der Waals surface area contributed by atoms with E-state index in [0.717, 1.165) is 0 Å². The first kappa shape index (κ1) is 11.9. The van der Waals surface area contributed by atoms with Crippen molar-refractivity contribution >= 4 is 27.8 Å². The van der Waals surface area contributed by atoms with E-state index >= 15 is 0 Å². The van der Waals surface area contributed by atoms with Crippen LogP contribution in [0.5, 0.6) is 11.5 Å². The first-order chi connectivity index (χ1) is 41.4. The SMILES string of the molecule is [2H]c1c([2H])c([2H])c(-c2c([2H])c([2H])c(N(c3c([2H])c([2H])c4c(c3[2H])-c3c([2H])c([2H])c([2H])c(-c5c([2H])c([2H])c([2H])c([2H])c5[2H])c3Oc3c-4c([2H])c([2H])c4c([2H])c([2H])c([2H])c([2H])c34)c3c([2H])c([2H])c([2H])c([2H])c3-c3c([2H])c([2H])c([2H])c([2H])c3[2H])c([2H])c2[2H])c([2H])c1[2H]. The lowest BCUT2D eigenvalue weighted by atomic mass is 9.90. The molecule has 1 aliphatic heterocycles. The van der Waals surface area contributed by atoms with Crippen LogP contribution in [0.15, 0.2) is 211 Å². The van der Waals surface area contributed by atoms with Crippen molar-refractivity contribution in [2.24, 2.45) is 0 Å². The first-order valence-corrected chi connectivity index (χ1v) is 15.6. The second-order valence-corrected chi connectivity index (χ2v) is 11.0. The van der Waals surface area contributed by atoms with Crippen molar-refractivity contribution in [2.45, 2.75) is 0 Å². The van der Waals surface area contributed by atoms with Gasteiger partial charge in [0.15, 0.2) is 0 Å². The van der Waals surface area contributed by atoms with Crippen LogP contribution in [0.25, 0.3) is 66.4 Å². The summed E-state index contributed by atoms with van der Waals surface area (Å²) in [4.78, 5) is 0.227. The summed E-state index contributed by atoms with van der Waals surface area (Å²) in [6.07, 6.45) is 0. The summed E-state index contributed by atoms with van der Waals surface area (Å²) in [5, 5.41) is -1.54. The first-order valence-electron chi connectivity index (χ1n) is 33.1. The average Bonchev–Trinajstić information content (AvgIpc) is 1.73. The molecule has 54 heavy (non-hydrogen) atoms. The minimum absolute atomic E-state index is 0.227. The van der Waals surface area contributed by atoms with Gasteiger partial charge in [-0.3, -0.25) is 0 Å². The van der Waals surface area contributed by atoms with Gasteiger partial charge >= 0.3 is 0 Å².